The SMILES string of the molecule is Cc1ccc(CC(=O)C2(c3ccc4c(c3)OC(F)(F)O4)CC2)nc1C1=CCC(=O)C(F)=C1. The summed E-state index contributed by atoms with van der Waals surface area (Å²) in [7, 11) is 0. The fourth-order valence-corrected chi connectivity index (χ4v) is 4.13. The molecule has 5 nitrogen and oxygen atoms in total. The van der Waals surface area contributed by atoms with E-state index in [2.05, 4.69) is 14.5 Å². The van der Waals surface area contributed by atoms with Crippen LogP contribution in [0.5, 0.6) is 11.5 Å². The fraction of sp³-hybridized carbons (Fsp3) is 0.292. The second-order valence-corrected chi connectivity index (χ2v) is 8.26. The number of nitrogens with zero attached hydrogens (tertiary/aromatic N) is 1. The lowest BCUT2D eigenvalue weighted by atomic mass is 9.88. The lowest BCUT2D eigenvalue weighted by Crippen LogP contribution is -2.26. The number of hydrogen-bond donors (Lipinski definition) is 0. The Kier molecular flexibility index (Phi) is 4.51. The summed E-state index contributed by atoms with van der Waals surface area (Å²) in [6.45, 7) is 1.82. The molecule has 0 amide bonds. The number of alkyl halides is 2. The molecule has 1 saturated carbocycles. The van der Waals surface area contributed by atoms with Crippen LogP contribution >= 0.6 is 0 Å². The van der Waals surface area contributed by atoms with Gasteiger partial charge in [0.1, 0.15) is 5.78 Å². The Morgan fingerprint density at radius 2 is 1.88 bits per heavy atom. The molecule has 164 valence electrons. The molecule has 0 unspecified atom stereocenters. The number of allylic oxidation sites excluding steroid dienone is 4. The number of carbonyl (C=O) groups excluding carboxylic acids is 2. The third kappa shape index (κ3) is 3.49. The maximum absolute atomic E-state index is 13.8. The molecular formula is C24H18F3NO4. The zero-order chi connectivity index (χ0) is 22.7. The molecule has 1 aromatic carbocycles. The van der Waals surface area contributed by atoms with Gasteiger partial charge in [-0.25, -0.2) is 4.39 Å². The standard InChI is InChI=1S/C24H18F3NO4/c1-13-2-5-16(28-22(13)14-3-6-18(29)17(25)10-14)12-21(30)23(8-9-23)15-4-7-19-20(11-15)32-24(26,27)31-19/h2-5,7,10-11H,6,8-9,12H2,1H3. The first-order valence-electron chi connectivity index (χ1n) is 10.2. The first-order chi connectivity index (χ1) is 15.2. The lowest BCUT2D eigenvalue weighted by Gasteiger charge is -2.16. The summed E-state index contributed by atoms with van der Waals surface area (Å²) in [5, 5.41) is 0. The Balaban J connectivity index is 1.39. The predicted octanol–water partition coefficient (Wildman–Crippen LogP) is 4.76. The molecule has 3 aliphatic rings. The van der Waals surface area contributed by atoms with Gasteiger partial charge in [-0.1, -0.05) is 18.2 Å². The van der Waals surface area contributed by atoms with Crippen molar-refractivity contribution in [1.29, 1.82) is 0 Å². The van der Waals surface area contributed by atoms with E-state index in [0.29, 0.717) is 35.4 Å². The number of hydrogen-bond acceptors (Lipinski definition) is 5. The van der Waals surface area contributed by atoms with Crippen LogP contribution in [0.25, 0.3) is 5.57 Å². The molecule has 32 heavy (non-hydrogen) atoms. The molecular weight excluding hydrogens is 423 g/mol. The number of benzene rings is 1. The van der Waals surface area contributed by atoms with Crippen molar-refractivity contribution in [2.24, 2.45) is 0 Å². The molecule has 0 bridgehead atoms. The monoisotopic (exact) mass is 441 g/mol. The molecule has 5 rings (SSSR count). The highest BCUT2D eigenvalue weighted by molar-refractivity contribution is 6.00. The molecule has 0 N–H and O–H groups in total. The van der Waals surface area contributed by atoms with Crippen molar-refractivity contribution in [2.75, 3.05) is 0 Å². The van der Waals surface area contributed by atoms with Crippen LogP contribution in [-0.2, 0) is 21.4 Å². The molecule has 0 atom stereocenters. The molecule has 8 heteroatoms. The normalized spacial score (nSPS) is 19.9. The highest BCUT2D eigenvalue weighted by atomic mass is 19.3. The van der Waals surface area contributed by atoms with Crippen LogP contribution < -0.4 is 9.47 Å². The van der Waals surface area contributed by atoms with Crippen LogP contribution in [0.2, 0.25) is 0 Å². The summed E-state index contributed by atoms with van der Waals surface area (Å²) < 4.78 is 49.4. The fourth-order valence-electron chi connectivity index (χ4n) is 4.13. The van der Waals surface area contributed by atoms with E-state index in [1.807, 2.05) is 6.92 Å². The van der Waals surface area contributed by atoms with Crippen molar-refractivity contribution >= 4 is 17.1 Å². The van der Waals surface area contributed by atoms with E-state index in [9.17, 15) is 22.8 Å². The Bertz CT molecular complexity index is 1230. The van der Waals surface area contributed by atoms with Gasteiger partial charge in [0, 0.05) is 18.5 Å². The van der Waals surface area contributed by atoms with E-state index >= 15 is 0 Å². The van der Waals surface area contributed by atoms with Gasteiger partial charge in [0.15, 0.2) is 23.1 Å². The van der Waals surface area contributed by atoms with Crippen LogP contribution in [-0.4, -0.2) is 22.8 Å². The smallest absolute Gasteiger partial charge is 0.395 e. The third-order valence-corrected chi connectivity index (χ3v) is 6.06. The zero-order valence-corrected chi connectivity index (χ0v) is 17.1. The van der Waals surface area contributed by atoms with Gasteiger partial charge in [0.2, 0.25) is 0 Å². The van der Waals surface area contributed by atoms with Gasteiger partial charge in [0.05, 0.1) is 11.1 Å². The number of halogens is 3. The Morgan fingerprint density at radius 1 is 1.12 bits per heavy atom. The molecule has 2 heterocycles. The number of ketones is 2. The summed E-state index contributed by atoms with van der Waals surface area (Å²) in [5.41, 5.74) is 2.17. The van der Waals surface area contributed by atoms with Gasteiger partial charge >= 0.3 is 6.29 Å². The number of pyridine rings is 1. The van der Waals surface area contributed by atoms with Crippen LogP contribution in [0.4, 0.5) is 13.2 Å². The van der Waals surface area contributed by atoms with Crippen LogP contribution in [0, 0.1) is 6.92 Å². The number of aromatic nitrogens is 1. The molecule has 1 aromatic heterocycles. The zero-order valence-electron chi connectivity index (χ0n) is 17.1. The van der Waals surface area contributed by atoms with Gasteiger partial charge in [-0.3, -0.25) is 14.6 Å². The molecule has 0 radical (unpaired) electrons. The van der Waals surface area contributed by atoms with Crippen molar-refractivity contribution in [3.05, 3.63) is 70.8 Å². The molecule has 1 aliphatic heterocycles. The van der Waals surface area contributed by atoms with Crippen molar-refractivity contribution in [3.8, 4) is 11.5 Å². The summed E-state index contributed by atoms with van der Waals surface area (Å²) >= 11 is 0. The molecule has 0 spiro atoms. The van der Waals surface area contributed by atoms with Gasteiger partial charge < -0.3 is 9.47 Å². The van der Waals surface area contributed by atoms with E-state index < -0.39 is 23.3 Å². The number of Topliss-reactive ketones (excluding diaryl/α,β-unsaturated/α-hetero) is 2. The first-order valence-corrected chi connectivity index (χ1v) is 10.2. The van der Waals surface area contributed by atoms with Crippen LogP contribution in [0.1, 0.15) is 41.8 Å². The highest BCUT2D eigenvalue weighted by Gasteiger charge is 2.52. The summed E-state index contributed by atoms with van der Waals surface area (Å²) in [4.78, 5) is 29.2. The van der Waals surface area contributed by atoms with Crippen molar-refractivity contribution in [2.45, 2.75) is 44.3 Å². The van der Waals surface area contributed by atoms with Crippen molar-refractivity contribution in [3.63, 3.8) is 0 Å². The van der Waals surface area contributed by atoms with E-state index in [1.54, 1.807) is 24.3 Å². The van der Waals surface area contributed by atoms with E-state index in [0.717, 1.165) is 11.6 Å². The number of fused-ring (bicyclic) bond motifs is 1. The Hall–Kier alpha value is -3.42. The maximum atomic E-state index is 13.8. The Labute approximate surface area is 181 Å². The number of rotatable bonds is 5. The molecule has 1 fully saturated rings. The lowest BCUT2D eigenvalue weighted by molar-refractivity contribution is -0.286. The van der Waals surface area contributed by atoms with Gasteiger partial charge in [-0.15, -0.1) is 8.78 Å². The summed E-state index contributed by atoms with van der Waals surface area (Å²) in [6.07, 6.45) is 0.277. The molecule has 2 aromatic rings. The molecule has 2 aliphatic carbocycles. The van der Waals surface area contributed by atoms with E-state index in [4.69, 9.17) is 0 Å². The number of aryl methyl sites for hydroxylation is 1. The average molecular weight is 441 g/mol. The van der Waals surface area contributed by atoms with E-state index in [-0.39, 0.29) is 30.1 Å². The maximum Gasteiger partial charge on any atom is 0.586 e. The third-order valence-electron chi connectivity index (χ3n) is 6.06. The first kappa shape index (κ1) is 20.5. The topological polar surface area (TPSA) is 65.5 Å². The summed E-state index contributed by atoms with van der Waals surface area (Å²) in [6, 6.07) is 7.98. The second-order valence-electron chi connectivity index (χ2n) is 8.26. The number of carbonyl (C=O) groups is 2. The average Bonchev–Trinajstić information content (AvgIpc) is 3.48. The van der Waals surface area contributed by atoms with Crippen molar-refractivity contribution in [1.82, 2.24) is 4.98 Å². The van der Waals surface area contributed by atoms with Gasteiger partial charge in [-0.05, 0) is 60.7 Å². The minimum absolute atomic E-state index is 0.0335. The minimum atomic E-state index is -3.71. The van der Waals surface area contributed by atoms with Crippen LogP contribution in [0.3, 0.4) is 0 Å². The minimum Gasteiger partial charge on any atom is -0.395 e. The quantitative estimate of drug-likeness (QED) is 0.669. The highest BCUT2D eigenvalue weighted by Crippen LogP contribution is 2.52. The molecule has 0 saturated heterocycles. The Morgan fingerprint density at radius 3 is 2.59 bits per heavy atom. The van der Waals surface area contributed by atoms with Gasteiger partial charge in [0.25, 0.3) is 0 Å². The van der Waals surface area contributed by atoms with E-state index in [1.165, 1.54) is 12.1 Å². The number of ether oxygens (including phenoxy) is 2. The summed E-state index contributed by atoms with van der Waals surface area (Å²) in [5.74, 6) is -1.62. The largest absolute Gasteiger partial charge is 0.586 e. The van der Waals surface area contributed by atoms with Gasteiger partial charge in [-0.2, -0.15) is 0 Å². The predicted molar refractivity (Wildman–Crippen MR) is 108 cm³/mol. The van der Waals surface area contributed by atoms with Crippen molar-refractivity contribution < 1.29 is 32.2 Å². The second kappa shape index (κ2) is 7.05. The van der Waals surface area contributed by atoms with Crippen LogP contribution in [0.15, 0.2) is 48.3 Å².